The van der Waals surface area contributed by atoms with Crippen LogP contribution >= 0.6 is 0 Å². The van der Waals surface area contributed by atoms with Gasteiger partial charge in [0.25, 0.3) is 0 Å². The molecule has 1 aliphatic heterocycles. The second-order valence-electron chi connectivity index (χ2n) is 7.82. The molecule has 7 heteroatoms. The minimum absolute atomic E-state index is 0.00348. The summed E-state index contributed by atoms with van der Waals surface area (Å²) in [4.78, 5) is 28.6. The predicted molar refractivity (Wildman–Crippen MR) is 112 cm³/mol. The van der Waals surface area contributed by atoms with Crippen LogP contribution in [-0.4, -0.2) is 74.2 Å². The zero-order valence-corrected chi connectivity index (χ0v) is 17.7. The molecule has 0 bridgehead atoms. The Hall–Kier alpha value is -2.12. The first-order chi connectivity index (χ1) is 13.3. The van der Waals surface area contributed by atoms with Crippen LogP contribution in [0, 0.1) is 19.8 Å². The van der Waals surface area contributed by atoms with Crippen molar-refractivity contribution in [3.05, 3.63) is 29.3 Å². The number of anilines is 1. The molecule has 2 rings (SSSR count). The smallest absolute Gasteiger partial charge is 0.317 e. The summed E-state index contributed by atoms with van der Waals surface area (Å²) >= 11 is 0. The number of ether oxygens (including phenoxy) is 1. The maximum atomic E-state index is 12.5. The first kappa shape index (κ1) is 22.2. The Morgan fingerprint density at radius 2 is 1.79 bits per heavy atom. The molecule has 0 aliphatic carbocycles. The van der Waals surface area contributed by atoms with Crippen molar-refractivity contribution in [2.24, 2.45) is 5.92 Å². The molecule has 2 N–H and O–H groups in total. The summed E-state index contributed by atoms with van der Waals surface area (Å²) in [7, 11) is 1.64. The number of amides is 3. The molecule has 0 aromatic heterocycles. The fourth-order valence-electron chi connectivity index (χ4n) is 3.50. The maximum absolute atomic E-state index is 12.5. The molecular formula is C21H34N4O3. The second-order valence-corrected chi connectivity index (χ2v) is 7.82. The predicted octanol–water partition coefficient (Wildman–Crippen LogP) is 2.24. The van der Waals surface area contributed by atoms with Crippen LogP contribution in [0.25, 0.3) is 0 Å². The molecule has 1 aromatic carbocycles. The van der Waals surface area contributed by atoms with Crippen LogP contribution in [0.15, 0.2) is 18.2 Å². The molecule has 156 valence electrons. The lowest BCUT2D eigenvalue weighted by atomic mass is 10.0. The Balaban J connectivity index is 1.85. The number of hydrogen-bond donors (Lipinski definition) is 2. The number of benzene rings is 1. The summed E-state index contributed by atoms with van der Waals surface area (Å²) in [6.45, 7) is 12.0. The highest BCUT2D eigenvalue weighted by atomic mass is 16.5. The Labute approximate surface area is 168 Å². The third kappa shape index (κ3) is 6.21. The highest BCUT2D eigenvalue weighted by molar-refractivity contribution is 5.95. The topological polar surface area (TPSA) is 73.9 Å². The quantitative estimate of drug-likeness (QED) is 0.749. The maximum Gasteiger partial charge on any atom is 0.317 e. The van der Waals surface area contributed by atoms with Crippen molar-refractivity contribution in [3.63, 3.8) is 0 Å². The highest BCUT2D eigenvalue weighted by Gasteiger charge is 2.25. The largest absolute Gasteiger partial charge is 0.379 e. The SMILES string of the molecule is Cc1cccc(C)c1NC(=O)CN(C)C(=O)NCC(C(C)C)N1CCOCC1. The van der Waals surface area contributed by atoms with E-state index < -0.39 is 0 Å². The van der Waals surface area contributed by atoms with Crippen molar-refractivity contribution in [2.45, 2.75) is 33.7 Å². The van der Waals surface area contributed by atoms with Crippen LogP contribution in [0.2, 0.25) is 0 Å². The van der Waals surface area contributed by atoms with Crippen LogP contribution in [0.4, 0.5) is 10.5 Å². The van der Waals surface area contributed by atoms with Crippen molar-refractivity contribution < 1.29 is 14.3 Å². The molecule has 28 heavy (non-hydrogen) atoms. The van der Waals surface area contributed by atoms with Gasteiger partial charge in [-0.3, -0.25) is 9.69 Å². The van der Waals surface area contributed by atoms with Crippen LogP contribution < -0.4 is 10.6 Å². The standard InChI is InChI=1S/C21H34N4O3/c1-15(2)18(25-9-11-28-12-10-25)13-22-21(27)24(5)14-19(26)23-20-16(3)7-6-8-17(20)4/h6-8,15,18H,9-14H2,1-5H3,(H,22,27)(H,23,26). The summed E-state index contributed by atoms with van der Waals surface area (Å²) in [5.74, 6) is 0.208. The van der Waals surface area contributed by atoms with E-state index in [0.29, 0.717) is 12.5 Å². The molecule has 1 unspecified atom stereocenters. The van der Waals surface area contributed by atoms with E-state index in [4.69, 9.17) is 4.74 Å². The van der Waals surface area contributed by atoms with E-state index in [1.165, 1.54) is 4.90 Å². The van der Waals surface area contributed by atoms with Gasteiger partial charge in [-0.2, -0.15) is 0 Å². The lowest BCUT2D eigenvalue weighted by Gasteiger charge is -2.37. The zero-order valence-electron chi connectivity index (χ0n) is 17.7. The highest BCUT2D eigenvalue weighted by Crippen LogP contribution is 2.19. The Morgan fingerprint density at radius 3 is 2.36 bits per heavy atom. The zero-order chi connectivity index (χ0) is 20.7. The number of urea groups is 1. The summed E-state index contributed by atoms with van der Waals surface area (Å²) in [5, 5.41) is 5.89. The molecular weight excluding hydrogens is 356 g/mol. The first-order valence-corrected chi connectivity index (χ1v) is 9.96. The van der Waals surface area contributed by atoms with Gasteiger partial charge in [0.05, 0.1) is 13.2 Å². The number of rotatable bonds is 7. The van der Waals surface area contributed by atoms with E-state index in [0.717, 1.165) is 43.1 Å². The van der Waals surface area contributed by atoms with Gasteiger partial charge in [0, 0.05) is 38.4 Å². The molecule has 1 aromatic rings. The number of hydrogen-bond acceptors (Lipinski definition) is 4. The molecule has 7 nitrogen and oxygen atoms in total. The molecule has 3 amide bonds. The van der Waals surface area contributed by atoms with Crippen LogP contribution in [-0.2, 0) is 9.53 Å². The van der Waals surface area contributed by atoms with Gasteiger partial charge in [-0.25, -0.2) is 4.79 Å². The normalized spacial score (nSPS) is 15.9. The number of carbonyl (C=O) groups excluding carboxylic acids is 2. The number of aryl methyl sites for hydroxylation is 2. The van der Waals surface area contributed by atoms with Crippen LogP contribution in [0.5, 0.6) is 0 Å². The van der Waals surface area contributed by atoms with Gasteiger partial charge in [0.2, 0.25) is 5.91 Å². The molecule has 0 saturated carbocycles. The number of morpholine rings is 1. The van der Waals surface area contributed by atoms with Crippen LogP contribution in [0.1, 0.15) is 25.0 Å². The van der Waals surface area contributed by atoms with Gasteiger partial charge in [0.15, 0.2) is 0 Å². The minimum atomic E-state index is -0.240. The molecule has 0 radical (unpaired) electrons. The number of nitrogens with one attached hydrogen (secondary N) is 2. The van der Waals surface area contributed by atoms with E-state index >= 15 is 0 Å². The third-order valence-electron chi connectivity index (χ3n) is 5.22. The summed E-state index contributed by atoms with van der Waals surface area (Å²) in [6.07, 6.45) is 0. The first-order valence-electron chi connectivity index (χ1n) is 9.96. The van der Waals surface area contributed by atoms with Gasteiger partial charge in [-0.15, -0.1) is 0 Å². The monoisotopic (exact) mass is 390 g/mol. The average Bonchev–Trinajstić information content (AvgIpc) is 2.65. The summed E-state index contributed by atoms with van der Waals surface area (Å²) in [5.41, 5.74) is 2.82. The lowest BCUT2D eigenvalue weighted by Crippen LogP contribution is -2.52. The summed E-state index contributed by atoms with van der Waals surface area (Å²) < 4.78 is 5.42. The average molecular weight is 391 g/mol. The van der Waals surface area contributed by atoms with E-state index in [1.807, 2.05) is 32.0 Å². The van der Waals surface area contributed by atoms with Crippen molar-refractivity contribution in [1.82, 2.24) is 15.1 Å². The van der Waals surface area contributed by atoms with Gasteiger partial charge >= 0.3 is 6.03 Å². The summed E-state index contributed by atoms with van der Waals surface area (Å²) in [6, 6.07) is 5.88. The molecule has 1 fully saturated rings. The van der Waals surface area contributed by atoms with Crippen molar-refractivity contribution in [3.8, 4) is 0 Å². The van der Waals surface area contributed by atoms with Crippen molar-refractivity contribution >= 4 is 17.6 Å². The van der Waals surface area contributed by atoms with Gasteiger partial charge < -0.3 is 20.3 Å². The number of para-hydroxylation sites is 1. The molecule has 1 saturated heterocycles. The number of likely N-dealkylation sites (N-methyl/N-ethyl adjacent to an activating group) is 1. The third-order valence-corrected chi connectivity index (χ3v) is 5.22. The van der Waals surface area contributed by atoms with E-state index in [9.17, 15) is 9.59 Å². The molecule has 1 atom stereocenters. The Bertz CT molecular complexity index is 651. The Kier molecular flexibility index (Phi) is 8.26. The number of nitrogens with zero attached hydrogens (tertiary/aromatic N) is 2. The van der Waals surface area contributed by atoms with E-state index in [-0.39, 0.29) is 24.5 Å². The molecule has 1 heterocycles. The fourth-order valence-corrected chi connectivity index (χ4v) is 3.50. The van der Waals surface area contributed by atoms with E-state index in [2.05, 4.69) is 29.4 Å². The van der Waals surface area contributed by atoms with E-state index in [1.54, 1.807) is 7.05 Å². The molecule has 1 aliphatic rings. The van der Waals surface area contributed by atoms with Crippen LogP contribution in [0.3, 0.4) is 0 Å². The van der Waals surface area contributed by atoms with Gasteiger partial charge in [0.1, 0.15) is 6.54 Å². The molecule has 0 spiro atoms. The lowest BCUT2D eigenvalue weighted by molar-refractivity contribution is -0.116. The van der Waals surface area contributed by atoms with Gasteiger partial charge in [-0.1, -0.05) is 32.0 Å². The minimum Gasteiger partial charge on any atom is -0.379 e. The fraction of sp³-hybridized carbons (Fsp3) is 0.619. The van der Waals surface area contributed by atoms with Crippen molar-refractivity contribution in [2.75, 3.05) is 51.8 Å². The van der Waals surface area contributed by atoms with Crippen molar-refractivity contribution in [1.29, 1.82) is 0 Å². The Morgan fingerprint density at radius 1 is 1.18 bits per heavy atom. The van der Waals surface area contributed by atoms with Gasteiger partial charge in [-0.05, 0) is 30.9 Å². The number of carbonyl (C=O) groups is 2. The second kappa shape index (κ2) is 10.4.